The van der Waals surface area contributed by atoms with Crippen molar-refractivity contribution in [2.45, 2.75) is 20.8 Å². The first-order valence-corrected chi connectivity index (χ1v) is 16.4. The molecule has 0 radical (unpaired) electrons. The van der Waals surface area contributed by atoms with E-state index >= 15 is 0 Å². The lowest BCUT2D eigenvalue weighted by molar-refractivity contribution is 1.17. The third-order valence-corrected chi connectivity index (χ3v) is 7.64. The molecule has 7 aromatic rings. The molecule has 0 aliphatic carbocycles. The Bertz CT molecular complexity index is 2310. The maximum absolute atomic E-state index is 4.75. The average molecular weight is 655 g/mol. The number of aryl methyl sites for hydroxylation is 3. The monoisotopic (exact) mass is 654 g/mol. The van der Waals surface area contributed by atoms with E-state index in [0.29, 0.717) is 17.1 Å². The van der Waals surface area contributed by atoms with Gasteiger partial charge >= 0.3 is 0 Å². The standard InChI is InChI=1S/C45H30N6/c1-31-10-4-16-40(46-31)43-19-7-13-37(49-43)25-22-34-28-35(23-26-38-14-8-20-44(50-38)41-17-5-11-32(2)47-41)30-36(29-34)24-27-39-15-9-21-45(51-39)42-18-6-12-33(3)48-42/h4-21,28-30H,1-3H3. The van der Waals surface area contributed by atoms with Gasteiger partial charge in [-0.3, -0.25) is 15.0 Å². The van der Waals surface area contributed by atoms with Crippen LogP contribution in [0.4, 0.5) is 0 Å². The lowest BCUT2D eigenvalue weighted by Gasteiger charge is -2.02. The van der Waals surface area contributed by atoms with Gasteiger partial charge in [-0.15, -0.1) is 0 Å². The third kappa shape index (κ3) is 8.45. The van der Waals surface area contributed by atoms with Crippen molar-refractivity contribution in [3.63, 3.8) is 0 Å². The summed E-state index contributed by atoms with van der Waals surface area (Å²) in [6.45, 7) is 5.89. The highest BCUT2D eigenvalue weighted by atomic mass is 14.8. The Labute approximate surface area is 297 Å². The van der Waals surface area contributed by atoms with Crippen LogP contribution in [0.3, 0.4) is 0 Å². The number of hydrogen-bond donors (Lipinski definition) is 0. The Kier molecular flexibility index (Phi) is 9.46. The van der Waals surface area contributed by atoms with Gasteiger partial charge in [-0.05, 0) is 130 Å². The summed E-state index contributed by atoms with van der Waals surface area (Å²) < 4.78 is 0. The minimum atomic E-state index is 0.636. The topological polar surface area (TPSA) is 77.3 Å². The lowest BCUT2D eigenvalue weighted by Crippen LogP contribution is -1.92. The van der Waals surface area contributed by atoms with Gasteiger partial charge in [0.25, 0.3) is 0 Å². The van der Waals surface area contributed by atoms with E-state index in [1.165, 1.54) is 0 Å². The summed E-state index contributed by atoms with van der Waals surface area (Å²) in [5, 5.41) is 0. The molecule has 7 rings (SSSR count). The van der Waals surface area contributed by atoms with Crippen molar-refractivity contribution in [3.05, 3.63) is 178 Å². The molecule has 6 aromatic heterocycles. The van der Waals surface area contributed by atoms with Crippen LogP contribution in [0, 0.1) is 56.3 Å². The van der Waals surface area contributed by atoms with E-state index < -0.39 is 0 Å². The van der Waals surface area contributed by atoms with Crippen LogP contribution < -0.4 is 0 Å². The molecule has 0 fully saturated rings. The number of rotatable bonds is 3. The molecule has 240 valence electrons. The van der Waals surface area contributed by atoms with Gasteiger partial charge in [0.15, 0.2) is 0 Å². The van der Waals surface area contributed by atoms with Crippen LogP contribution in [-0.4, -0.2) is 29.9 Å². The molecule has 6 heteroatoms. The minimum absolute atomic E-state index is 0.636. The fourth-order valence-corrected chi connectivity index (χ4v) is 5.25. The fourth-order valence-electron chi connectivity index (χ4n) is 5.25. The van der Waals surface area contributed by atoms with Crippen molar-refractivity contribution in [1.82, 2.24) is 29.9 Å². The molecule has 1 aromatic carbocycles. The molecule has 0 aliphatic heterocycles. The summed E-state index contributed by atoms with van der Waals surface area (Å²) >= 11 is 0. The summed E-state index contributed by atoms with van der Waals surface area (Å²) in [4.78, 5) is 28.1. The van der Waals surface area contributed by atoms with Gasteiger partial charge in [0, 0.05) is 33.8 Å². The lowest BCUT2D eigenvalue weighted by atomic mass is 10.1. The summed E-state index contributed by atoms with van der Waals surface area (Å²) in [6, 6.07) is 40.8. The summed E-state index contributed by atoms with van der Waals surface area (Å²) in [7, 11) is 0. The molecule has 0 spiro atoms. The van der Waals surface area contributed by atoms with Crippen molar-refractivity contribution in [2.75, 3.05) is 0 Å². The molecular formula is C45H30N6. The average Bonchev–Trinajstić information content (AvgIpc) is 3.16. The van der Waals surface area contributed by atoms with Crippen molar-refractivity contribution in [3.8, 4) is 69.7 Å². The van der Waals surface area contributed by atoms with E-state index in [-0.39, 0.29) is 0 Å². The Balaban J connectivity index is 1.24. The number of pyridine rings is 6. The Morgan fingerprint density at radius 3 is 0.824 bits per heavy atom. The minimum Gasteiger partial charge on any atom is -0.251 e. The first-order chi connectivity index (χ1) is 24.9. The highest BCUT2D eigenvalue weighted by Crippen LogP contribution is 2.18. The normalized spacial score (nSPS) is 10.2. The van der Waals surface area contributed by atoms with E-state index in [2.05, 4.69) is 50.5 Å². The Hall–Kier alpha value is -7.20. The molecule has 0 saturated carbocycles. The van der Waals surface area contributed by atoms with E-state index in [1.54, 1.807) is 0 Å². The second-order valence-electron chi connectivity index (χ2n) is 11.8. The Morgan fingerprint density at radius 2 is 0.549 bits per heavy atom. The predicted octanol–water partition coefficient (Wildman–Crippen LogP) is 8.18. The number of benzene rings is 1. The van der Waals surface area contributed by atoms with Gasteiger partial charge in [0.05, 0.1) is 34.2 Å². The largest absolute Gasteiger partial charge is 0.251 e. The predicted molar refractivity (Wildman–Crippen MR) is 201 cm³/mol. The highest BCUT2D eigenvalue weighted by molar-refractivity contribution is 5.59. The van der Waals surface area contributed by atoms with Crippen molar-refractivity contribution < 1.29 is 0 Å². The molecule has 0 aliphatic rings. The molecule has 6 heterocycles. The number of aromatic nitrogens is 6. The zero-order valence-electron chi connectivity index (χ0n) is 28.3. The zero-order valence-corrected chi connectivity index (χ0v) is 28.3. The quantitative estimate of drug-likeness (QED) is 0.179. The van der Waals surface area contributed by atoms with Crippen LogP contribution in [0.2, 0.25) is 0 Å². The van der Waals surface area contributed by atoms with Gasteiger partial charge in [-0.25, -0.2) is 15.0 Å². The van der Waals surface area contributed by atoms with E-state index in [4.69, 9.17) is 15.0 Å². The maximum Gasteiger partial charge on any atom is 0.114 e. The third-order valence-electron chi connectivity index (χ3n) is 7.64. The van der Waals surface area contributed by atoms with Crippen LogP contribution in [-0.2, 0) is 0 Å². The van der Waals surface area contributed by atoms with Gasteiger partial charge in [0.1, 0.15) is 17.1 Å². The Morgan fingerprint density at radius 1 is 0.294 bits per heavy atom. The second-order valence-corrected chi connectivity index (χ2v) is 11.8. The van der Waals surface area contributed by atoms with E-state index in [1.807, 2.05) is 148 Å². The highest BCUT2D eigenvalue weighted by Gasteiger charge is 2.05. The summed E-state index contributed by atoms with van der Waals surface area (Å²) in [5.41, 5.74) is 11.7. The van der Waals surface area contributed by atoms with Crippen molar-refractivity contribution in [2.24, 2.45) is 0 Å². The van der Waals surface area contributed by atoms with Crippen molar-refractivity contribution >= 4 is 0 Å². The van der Waals surface area contributed by atoms with Crippen LogP contribution in [0.5, 0.6) is 0 Å². The smallest absolute Gasteiger partial charge is 0.114 e. The molecule has 6 nitrogen and oxygen atoms in total. The van der Waals surface area contributed by atoms with Crippen molar-refractivity contribution in [1.29, 1.82) is 0 Å². The van der Waals surface area contributed by atoms with E-state index in [9.17, 15) is 0 Å². The number of hydrogen-bond acceptors (Lipinski definition) is 6. The molecule has 51 heavy (non-hydrogen) atoms. The molecule has 0 bridgehead atoms. The summed E-state index contributed by atoms with van der Waals surface area (Å²) in [6.07, 6.45) is 0. The number of nitrogens with zero attached hydrogens (tertiary/aromatic N) is 6. The van der Waals surface area contributed by atoms with Crippen LogP contribution in [0.1, 0.15) is 50.9 Å². The molecule has 0 N–H and O–H groups in total. The van der Waals surface area contributed by atoms with Crippen LogP contribution >= 0.6 is 0 Å². The van der Waals surface area contributed by atoms with Crippen LogP contribution in [0.15, 0.2) is 127 Å². The maximum atomic E-state index is 4.75. The molecule has 0 atom stereocenters. The van der Waals surface area contributed by atoms with Gasteiger partial charge in [-0.2, -0.15) is 0 Å². The van der Waals surface area contributed by atoms with Gasteiger partial charge in [0.2, 0.25) is 0 Å². The van der Waals surface area contributed by atoms with Crippen LogP contribution in [0.25, 0.3) is 34.2 Å². The zero-order chi connectivity index (χ0) is 35.0. The van der Waals surface area contributed by atoms with E-state index in [0.717, 1.165) is 67.9 Å². The summed E-state index contributed by atoms with van der Waals surface area (Å²) in [5.74, 6) is 19.5. The SMILES string of the molecule is Cc1cccc(-c2cccc(C#Cc3cc(C#Cc4cccc(-c5cccc(C)n5)n4)cc(C#Cc4cccc(-c5cccc(C)n5)n4)c3)n2)n1. The van der Waals surface area contributed by atoms with Gasteiger partial charge < -0.3 is 0 Å². The fraction of sp³-hybridized carbons (Fsp3) is 0.0667. The molecule has 0 amide bonds. The first-order valence-electron chi connectivity index (χ1n) is 16.4. The second kappa shape index (κ2) is 14.9. The first kappa shape index (κ1) is 32.4. The molecule has 0 saturated heterocycles. The van der Waals surface area contributed by atoms with Gasteiger partial charge in [-0.1, -0.05) is 54.2 Å². The molecule has 0 unspecified atom stereocenters. The molecular weight excluding hydrogens is 625 g/mol.